The van der Waals surface area contributed by atoms with Crippen molar-refractivity contribution in [1.82, 2.24) is 10.2 Å². The summed E-state index contributed by atoms with van der Waals surface area (Å²) in [5.41, 5.74) is 0.616. The average Bonchev–Trinajstić information content (AvgIpc) is 2.87. The van der Waals surface area contributed by atoms with Crippen molar-refractivity contribution in [2.45, 2.75) is 12.8 Å². The maximum atomic E-state index is 11.2. The SMILES string of the molecule is O=c1cc(CCc2ccc3c(c2)OCO3)[nH][nH]c1=O. The van der Waals surface area contributed by atoms with E-state index in [4.69, 9.17) is 9.47 Å². The lowest BCUT2D eigenvalue weighted by Gasteiger charge is -2.03. The van der Waals surface area contributed by atoms with E-state index >= 15 is 0 Å². The van der Waals surface area contributed by atoms with Gasteiger partial charge in [-0.15, -0.1) is 0 Å². The highest BCUT2D eigenvalue weighted by Gasteiger charge is 2.13. The van der Waals surface area contributed by atoms with Crippen LogP contribution in [0.5, 0.6) is 11.5 Å². The molecule has 1 aliphatic rings. The quantitative estimate of drug-likeness (QED) is 0.790. The molecule has 0 aliphatic carbocycles. The third-order valence-electron chi connectivity index (χ3n) is 2.99. The van der Waals surface area contributed by atoms with Crippen LogP contribution in [0.1, 0.15) is 11.3 Å². The van der Waals surface area contributed by atoms with Crippen LogP contribution in [0.25, 0.3) is 0 Å². The van der Waals surface area contributed by atoms with Crippen molar-refractivity contribution in [3.63, 3.8) is 0 Å². The first kappa shape index (κ1) is 11.6. The predicted molar refractivity (Wildman–Crippen MR) is 67.7 cm³/mol. The van der Waals surface area contributed by atoms with Gasteiger partial charge >= 0.3 is 5.56 Å². The van der Waals surface area contributed by atoms with E-state index in [2.05, 4.69) is 10.2 Å². The lowest BCUT2D eigenvalue weighted by Crippen LogP contribution is -2.27. The van der Waals surface area contributed by atoms with E-state index in [0.29, 0.717) is 12.1 Å². The molecule has 1 aliphatic heterocycles. The number of aromatic amines is 2. The van der Waals surface area contributed by atoms with Crippen LogP contribution in [0.2, 0.25) is 0 Å². The third-order valence-corrected chi connectivity index (χ3v) is 2.99. The second-order valence-corrected chi connectivity index (χ2v) is 4.30. The lowest BCUT2D eigenvalue weighted by atomic mass is 10.1. The first-order valence-electron chi connectivity index (χ1n) is 5.92. The van der Waals surface area contributed by atoms with E-state index in [1.807, 2.05) is 18.2 Å². The van der Waals surface area contributed by atoms with Gasteiger partial charge in [-0.3, -0.25) is 14.7 Å². The molecule has 0 radical (unpaired) electrons. The Kier molecular flexibility index (Phi) is 2.83. The molecule has 19 heavy (non-hydrogen) atoms. The van der Waals surface area contributed by atoms with Crippen molar-refractivity contribution in [2.75, 3.05) is 6.79 Å². The van der Waals surface area contributed by atoms with Gasteiger partial charge in [0.1, 0.15) is 0 Å². The van der Waals surface area contributed by atoms with Gasteiger partial charge < -0.3 is 14.6 Å². The van der Waals surface area contributed by atoms with Gasteiger partial charge in [0.25, 0.3) is 0 Å². The molecule has 1 aromatic heterocycles. The summed E-state index contributed by atoms with van der Waals surface area (Å²) in [5.74, 6) is 1.49. The number of H-pyrrole nitrogens is 2. The van der Waals surface area contributed by atoms with Crippen LogP contribution in [0, 0.1) is 0 Å². The molecule has 0 unspecified atom stereocenters. The maximum Gasteiger partial charge on any atom is 0.310 e. The molecule has 2 heterocycles. The Labute approximate surface area is 108 Å². The Hall–Kier alpha value is -2.50. The van der Waals surface area contributed by atoms with E-state index in [1.54, 1.807) is 0 Å². The van der Waals surface area contributed by atoms with E-state index in [1.165, 1.54) is 6.07 Å². The van der Waals surface area contributed by atoms with Crippen LogP contribution in [0.15, 0.2) is 33.9 Å². The van der Waals surface area contributed by atoms with Gasteiger partial charge in [-0.1, -0.05) is 6.07 Å². The highest BCUT2D eigenvalue weighted by Crippen LogP contribution is 2.32. The van der Waals surface area contributed by atoms with Crippen molar-refractivity contribution < 1.29 is 9.47 Å². The average molecular weight is 260 g/mol. The summed E-state index contributed by atoms with van der Waals surface area (Å²) in [5, 5.41) is 5.01. The molecular formula is C13H12N2O4. The number of hydrogen-bond acceptors (Lipinski definition) is 4. The largest absolute Gasteiger partial charge is 0.454 e. The molecule has 2 aromatic rings. The summed E-state index contributed by atoms with van der Waals surface area (Å²) in [6.45, 7) is 0.256. The second-order valence-electron chi connectivity index (χ2n) is 4.30. The molecule has 0 saturated carbocycles. The predicted octanol–water partition coefficient (Wildman–Crippen LogP) is 0.577. The number of aryl methyl sites for hydroxylation is 2. The number of fused-ring (bicyclic) bond motifs is 1. The monoisotopic (exact) mass is 260 g/mol. The molecule has 6 heteroatoms. The van der Waals surface area contributed by atoms with Crippen LogP contribution in [0.4, 0.5) is 0 Å². The van der Waals surface area contributed by atoms with E-state index < -0.39 is 11.0 Å². The molecule has 2 N–H and O–H groups in total. The van der Waals surface area contributed by atoms with Crippen LogP contribution in [-0.4, -0.2) is 17.0 Å². The van der Waals surface area contributed by atoms with E-state index in [9.17, 15) is 9.59 Å². The molecule has 0 amide bonds. The summed E-state index contributed by atoms with van der Waals surface area (Å²) in [6.07, 6.45) is 1.37. The molecule has 0 saturated heterocycles. The summed E-state index contributed by atoms with van der Waals surface area (Å²) < 4.78 is 10.5. The number of ether oxygens (including phenoxy) is 2. The zero-order chi connectivity index (χ0) is 13.2. The molecule has 0 bridgehead atoms. The van der Waals surface area contributed by atoms with Gasteiger partial charge in [-0.2, -0.15) is 0 Å². The fraction of sp³-hybridized carbons (Fsp3) is 0.231. The maximum absolute atomic E-state index is 11.2. The molecule has 3 rings (SSSR count). The van der Waals surface area contributed by atoms with Crippen molar-refractivity contribution in [3.05, 3.63) is 56.1 Å². The Bertz CT molecular complexity index is 717. The standard InChI is InChI=1S/C13H12N2O4/c16-10-6-9(14-15-13(10)17)3-1-8-2-4-11-12(5-8)19-7-18-11/h2,4-6H,1,3,7H2,(H,14,16)(H,15,17). The number of rotatable bonds is 3. The van der Waals surface area contributed by atoms with Gasteiger partial charge in [-0.05, 0) is 30.5 Å². The Morgan fingerprint density at radius 3 is 2.68 bits per heavy atom. The first-order valence-corrected chi connectivity index (χ1v) is 5.92. The van der Waals surface area contributed by atoms with Gasteiger partial charge in [0.05, 0.1) is 0 Å². The van der Waals surface area contributed by atoms with Crippen molar-refractivity contribution in [1.29, 1.82) is 0 Å². The Morgan fingerprint density at radius 1 is 1.00 bits per heavy atom. The van der Waals surface area contributed by atoms with Gasteiger partial charge in [0, 0.05) is 11.8 Å². The zero-order valence-corrected chi connectivity index (χ0v) is 10.1. The summed E-state index contributed by atoms with van der Waals surface area (Å²) >= 11 is 0. The van der Waals surface area contributed by atoms with Crippen LogP contribution in [-0.2, 0) is 12.8 Å². The van der Waals surface area contributed by atoms with Crippen LogP contribution < -0.4 is 20.5 Å². The highest BCUT2D eigenvalue weighted by atomic mass is 16.7. The lowest BCUT2D eigenvalue weighted by molar-refractivity contribution is 0.174. The summed E-state index contributed by atoms with van der Waals surface area (Å²) in [7, 11) is 0. The number of nitrogens with one attached hydrogen (secondary N) is 2. The highest BCUT2D eigenvalue weighted by molar-refractivity contribution is 5.44. The smallest absolute Gasteiger partial charge is 0.310 e. The Balaban J connectivity index is 1.73. The van der Waals surface area contributed by atoms with E-state index in [0.717, 1.165) is 23.5 Å². The van der Waals surface area contributed by atoms with Crippen molar-refractivity contribution in [3.8, 4) is 11.5 Å². The second kappa shape index (κ2) is 4.64. The zero-order valence-electron chi connectivity index (χ0n) is 10.1. The topological polar surface area (TPSA) is 84.2 Å². The molecule has 0 fully saturated rings. The minimum Gasteiger partial charge on any atom is -0.454 e. The van der Waals surface area contributed by atoms with Gasteiger partial charge in [0.2, 0.25) is 12.2 Å². The molecular weight excluding hydrogens is 248 g/mol. The summed E-state index contributed by atoms with van der Waals surface area (Å²) in [4.78, 5) is 22.1. The number of aromatic nitrogens is 2. The fourth-order valence-electron chi connectivity index (χ4n) is 1.97. The molecule has 6 nitrogen and oxygen atoms in total. The van der Waals surface area contributed by atoms with Gasteiger partial charge in [0.15, 0.2) is 11.5 Å². The normalized spacial score (nSPS) is 12.6. The molecule has 0 spiro atoms. The van der Waals surface area contributed by atoms with Crippen LogP contribution in [0.3, 0.4) is 0 Å². The first-order chi connectivity index (χ1) is 9.22. The minimum atomic E-state index is -0.633. The third kappa shape index (κ3) is 2.37. The van der Waals surface area contributed by atoms with Crippen molar-refractivity contribution in [2.24, 2.45) is 0 Å². The number of benzene rings is 1. The number of hydrogen-bond donors (Lipinski definition) is 2. The van der Waals surface area contributed by atoms with Gasteiger partial charge in [-0.25, -0.2) is 0 Å². The molecule has 0 atom stereocenters. The Morgan fingerprint density at radius 2 is 1.84 bits per heavy atom. The van der Waals surface area contributed by atoms with E-state index in [-0.39, 0.29) is 6.79 Å². The minimum absolute atomic E-state index is 0.256. The summed E-state index contributed by atoms with van der Waals surface area (Å²) in [6, 6.07) is 7.07. The molecule has 98 valence electrons. The fourth-order valence-corrected chi connectivity index (χ4v) is 1.97. The van der Waals surface area contributed by atoms with Crippen LogP contribution >= 0.6 is 0 Å². The van der Waals surface area contributed by atoms with Crippen molar-refractivity contribution >= 4 is 0 Å². The molecule has 1 aromatic carbocycles.